The molecule has 1 heterocycles. The molecular weight excluding hydrogens is 232 g/mol. The van der Waals surface area contributed by atoms with Crippen LogP contribution in [0.25, 0.3) is 0 Å². The maximum absolute atomic E-state index is 8.57. The second-order valence-corrected chi connectivity index (χ2v) is 4.96. The molecule has 0 N–H and O–H groups in total. The number of hydrogen-bond acceptors (Lipinski definition) is 5. The molecule has 1 saturated carbocycles. The Kier molecular flexibility index (Phi) is 3.52. The van der Waals surface area contributed by atoms with Crippen LogP contribution in [0.2, 0.25) is 4.34 Å². The fraction of sp³-hybridized carbons (Fsp3) is 0.667. The molecule has 1 aliphatic rings. The largest absolute Gasteiger partial charge is 0.293 e. The molecule has 1 aromatic rings. The lowest BCUT2D eigenvalue weighted by atomic mass is 10.3. The lowest BCUT2D eigenvalue weighted by Crippen LogP contribution is -2.26. The van der Waals surface area contributed by atoms with E-state index < -0.39 is 0 Å². The highest BCUT2D eigenvalue weighted by atomic mass is 35.5. The lowest BCUT2D eigenvalue weighted by Gasteiger charge is -2.18. The van der Waals surface area contributed by atoms with Gasteiger partial charge in [0.25, 0.3) is 0 Å². The molecule has 0 unspecified atom stereocenters. The van der Waals surface area contributed by atoms with Crippen molar-refractivity contribution in [2.45, 2.75) is 31.8 Å². The summed E-state index contributed by atoms with van der Waals surface area (Å²) in [6, 6.07) is 2.79. The van der Waals surface area contributed by atoms with Crippen LogP contribution in [0, 0.1) is 11.3 Å². The highest BCUT2D eigenvalue weighted by Crippen LogP contribution is 2.29. The molecule has 0 aliphatic heterocycles. The van der Waals surface area contributed by atoms with Gasteiger partial charge in [0.05, 0.1) is 6.07 Å². The van der Waals surface area contributed by atoms with E-state index in [1.165, 1.54) is 24.4 Å². The fourth-order valence-corrected chi connectivity index (χ4v) is 2.12. The summed E-state index contributed by atoms with van der Waals surface area (Å²) >= 11 is 7.16. The Labute approximate surface area is 97.6 Å². The van der Waals surface area contributed by atoms with Crippen molar-refractivity contribution in [1.29, 1.82) is 5.26 Å². The Bertz CT molecular complexity index is 368. The number of hydrogen-bond donors (Lipinski definition) is 0. The van der Waals surface area contributed by atoms with E-state index in [4.69, 9.17) is 16.9 Å². The average Bonchev–Trinajstić information content (AvgIpc) is 2.99. The smallest absolute Gasteiger partial charge is 0.138 e. The number of rotatable bonds is 5. The standard InChI is InChI=1S/C9H11ClN4S/c10-9-8(12-13-15-9)6-14(5-1-4-11)7-2-3-7/h7H,1-3,5-6H2. The highest BCUT2D eigenvalue weighted by molar-refractivity contribution is 7.10. The van der Waals surface area contributed by atoms with E-state index in [0.29, 0.717) is 16.8 Å². The summed E-state index contributed by atoms with van der Waals surface area (Å²) < 4.78 is 4.47. The van der Waals surface area contributed by atoms with Crippen LogP contribution >= 0.6 is 23.1 Å². The fourth-order valence-electron chi connectivity index (χ4n) is 1.51. The minimum absolute atomic E-state index is 0.561. The van der Waals surface area contributed by atoms with Crippen molar-refractivity contribution in [2.75, 3.05) is 6.54 Å². The van der Waals surface area contributed by atoms with Crippen LogP contribution in [0.5, 0.6) is 0 Å². The minimum atomic E-state index is 0.561. The zero-order chi connectivity index (χ0) is 10.7. The summed E-state index contributed by atoms with van der Waals surface area (Å²) in [5.74, 6) is 0. The van der Waals surface area contributed by atoms with Gasteiger partial charge in [-0.3, -0.25) is 4.90 Å². The molecule has 0 aromatic carbocycles. The molecule has 1 aromatic heterocycles. The van der Waals surface area contributed by atoms with Crippen LogP contribution in [-0.2, 0) is 6.54 Å². The van der Waals surface area contributed by atoms with Gasteiger partial charge < -0.3 is 0 Å². The van der Waals surface area contributed by atoms with E-state index in [2.05, 4.69) is 20.6 Å². The molecule has 1 fully saturated rings. The zero-order valence-corrected chi connectivity index (χ0v) is 9.76. The second kappa shape index (κ2) is 4.88. The molecule has 0 radical (unpaired) electrons. The van der Waals surface area contributed by atoms with Gasteiger partial charge in [-0.1, -0.05) is 16.1 Å². The van der Waals surface area contributed by atoms with Crippen molar-refractivity contribution in [3.05, 3.63) is 10.0 Å². The molecular formula is C9H11ClN4S. The topological polar surface area (TPSA) is 52.8 Å². The maximum Gasteiger partial charge on any atom is 0.138 e. The SMILES string of the molecule is N#CCCN(Cc1nnsc1Cl)C1CC1. The molecule has 6 heteroatoms. The molecule has 0 atom stereocenters. The van der Waals surface area contributed by atoms with E-state index in [1.54, 1.807) is 0 Å². The van der Waals surface area contributed by atoms with Gasteiger partial charge in [-0.05, 0) is 12.8 Å². The third-order valence-electron chi connectivity index (χ3n) is 2.44. The zero-order valence-electron chi connectivity index (χ0n) is 8.19. The van der Waals surface area contributed by atoms with Crippen LogP contribution in [0.3, 0.4) is 0 Å². The summed E-state index contributed by atoms with van der Waals surface area (Å²) in [6.45, 7) is 1.52. The van der Waals surface area contributed by atoms with E-state index in [1.807, 2.05) is 0 Å². The molecule has 0 spiro atoms. The summed E-state index contributed by atoms with van der Waals surface area (Å²) in [4.78, 5) is 2.27. The minimum Gasteiger partial charge on any atom is -0.293 e. The van der Waals surface area contributed by atoms with Gasteiger partial charge in [0.15, 0.2) is 0 Å². The van der Waals surface area contributed by atoms with Gasteiger partial charge in [-0.15, -0.1) is 5.10 Å². The van der Waals surface area contributed by atoms with E-state index in [-0.39, 0.29) is 0 Å². The van der Waals surface area contributed by atoms with Crippen molar-refractivity contribution in [3.63, 3.8) is 0 Å². The van der Waals surface area contributed by atoms with E-state index >= 15 is 0 Å². The van der Waals surface area contributed by atoms with Crippen molar-refractivity contribution in [3.8, 4) is 6.07 Å². The Morgan fingerprint density at radius 2 is 2.40 bits per heavy atom. The van der Waals surface area contributed by atoms with Crippen LogP contribution in [0.1, 0.15) is 25.0 Å². The number of aromatic nitrogens is 2. The van der Waals surface area contributed by atoms with Gasteiger partial charge in [-0.25, -0.2) is 0 Å². The van der Waals surface area contributed by atoms with Gasteiger partial charge in [0.2, 0.25) is 0 Å². The predicted molar refractivity (Wildman–Crippen MR) is 58.6 cm³/mol. The summed E-state index contributed by atoms with van der Waals surface area (Å²) in [5, 5.41) is 12.6. The van der Waals surface area contributed by atoms with E-state index in [9.17, 15) is 0 Å². The average molecular weight is 243 g/mol. The van der Waals surface area contributed by atoms with Crippen molar-refractivity contribution in [1.82, 2.24) is 14.5 Å². The highest BCUT2D eigenvalue weighted by Gasteiger charge is 2.29. The van der Waals surface area contributed by atoms with Crippen molar-refractivity contribution in [2.24, 2.45) is 0 Å². The monoisotopic (exact) mass is 242 g/mol. The molecule has 0 saturated heterocycles. The first kappa shape index (κ1) is 10.8. The third kappa shape index (κ3) is 2.88. The van der Waals surface area contributed by atoms with Crippen molar-refractivity contribution >= 4 is 23.1 Å². The Balaban J connectivity index is 1.94. The van der Waals surface area contributed by atoms with Crippen molar-refractivity contribution < 1.29 is 0 Å². The van der Waals surface area contributed by atoms with Crippen LogP contribution < -0.4 is 0 Å². The number of nitrogens with zero attached hydrogens (tertiary/aromatic N) is 4. The molecule has 4 nitrogen and oxygen atoms in total. The lowest BCUT2D eigenvalue weighted by molar-refractivity contribution is 0.258. The second-order valence-electron chi connectivity index (χ2n) is 3.60. The molecule has 15 heavy (non-hydrogen) atoms. The summed E-state index contributed by atoms with van der Waals surface area (Å²) in [5.41, 5.74) is 0.839. The van der Waals surface area contributed by atoms with Gasteiger partial charge >= 0.3 is 0 Å². The molecule has 1 aliphatic carbocycles. The Morgan fingerprint density at radius 3 is 2.93 bits per heavy atom. The quantitative estimate of drug-likeness (QED) is 0.793. The van der Waals surface area contributed by atoms with Crippen LogP contribution in [-0.4, -0.2) is 27.1 Å². The summed E-state index contributed by atoms with van der Waals surface area (Å²) in [6.07, 6.45) is 3.01. The molecule has 80 valence electrons. The molecule has 0 bridgehead atoms. The normalized spacial score (nSPS) is 15.5. The van der Waals surface area contributed by atoms with E-state index in [0.717, 1.165) is 18.8 Å². The first-order valence-electron chi connectivity index (χ1n) is 4.89. The maximum atomic E-state index is 8.57. The number of nitriles is 1. The molecule has 0 amide bonds. The van der Waals surface area contributed by atoms with Gasteiger partial charge in [0.1, 0.15) is 10.0 Å². The van der Waals surface area contributed by atoms with Gasteiger partial charge in [-0.2, -0.15) is 5.26 Å². The Morgan fingerprint density at radius 1 is 1.60 bits per heavy atom. The number of halogens is 1. The Hall–Kier alpha value is -0.700. The third-order valence-corrected chi connectivity index (χ3v) is 3.42. The first-order chi connectivity index (χ1) is 7.31. The molecule has 2 rings (SSSR count). The van der Waals surface area contributed by atoms with Crippen LogP contribution in [0.4, 0.5) is 0 Å². The van der Waals surface area contributed by atoms with Gasteiger partial charge in [0, 0.05) is 37.1 Å². The first-order valence-corrected chi connectivity index (χ1v) is 6.04. The van der Waals surface area contributed by atoms with Crippen LogP contribution in [0.15, 0.2) is 0 Å². The predicted octanol–water partition coefficient (Wildman–Crippen LogP) is 2.07. The summed E-state index contributed by atoms with van der Waals surface area (Å²) in [7, 11) is 0.